The maximum atomic E-state index is 11.6. The number of hydrogen-bond acceptors (Lipinski definition) is 6. The highest BCUT2D eigenvalue weighted by molar-refractivity contribution is 5.75. The lowest BCUT2D eigenvalue weighted by Gasteiger charge is -2.25. The van der Waals surface area contributed by atoms with Crippen LogP contribution < -0.4 is 0 Å². The largest absolute Gasteiger partial charge is 0.469 e. The fraction of sp³-hybridized carbons (Fsp3) is 0.500. The second kappa shape index (κ2) is 6.58. The molecule has 2 rings (SSSR count). The molecule has 1 saturated heterocycles. The molecule has 6 nitrogen and oxygen atoms in total. The first kappa shape index (κ1) is 14.6. The van der Waals surface area contributed by atoms with Crippen molar-refractivity contribution in [1.29, 1.82) is 0 Å². The highest BCUT2D eigenvalue weighted by atomic mass is 16.7. The summed E-state index contributed by atoms with van der Waals surface area (Å²) >= 11 is 0. The van der Waals surface area contributed by atoms with E-state index in [2.05, 4.69) is 4.74 Å². The first-order valence-corrected chi connectivity index (χ1v) is 6.45. The molecule has 0 bridgehead atoms. The third-order valence-corrected chi connectivity index (χ3v) is 3.35. The van der Waals surface area contributed by atoms with Gasteiger partial charge in [-0.25, -0.2) is 10.9 Å². The van der Waals surface area contributed by atoms with Crippen LogP contribution in [0.15, 0.2) is 24.3 Å². The first-order chi connectivity index (χ1) is 9.65. The van der Waals surface area contributed by atoms with E-state index >= 15 is 0 Å². The molecule has 1 aromatic carbocycles. The lowest BCUT2D eigenvalue weighted by molar-refractivity contribution is -0.189. The Kier molecular flexibility index (Phi) is 4.81. The van der Waals surface area contributed by atoms with E-state index in [4.69, 9.17) is 9.57 Å². The molecular formula is C14H18NO5-. The van der Waals surface area contributed by atoms with Crippen molar-refractivity contribution in [1.82, 2.24) is 5.06 Å². The van der Waals surface area contributed by atoms with Gasteiger partial charge in [0.05, 0.1) is 20.6 Å². The highest BCUT2D eigenvalue weighted by Gasteiger charge is 2.36. The molecular weight excluding hydrogens is 262 g/mol. The Morgan fingerprint density at radius 3 is 2.85 bits per heavy atom. The van der Waals surface area contributed by atoms with E-state index < -0.39 is 12.1 Å². The van der Waals surface area contributed by atoms with Crippen molar-refractivity contribution in [3.63, 3.8) is 0 Å². The minimum atomic E-state index is -0.627. The van der Waals surface area contributed by atoms with Gasteiger partial charge < -0.3 is 9.47 Å². The van der Waals surface area contributed by atoms with Crippen molar-refractivity contribution in [2.24, 2.45) is 0 Å². The Balaban J connectivity index is 2.05. The molecule has 1 fully saturated rings. The second-order valence-corrected chi connectivity index (χ2v) is 4.55. The molecule has 1 aliphatic rings. The van der Waals surface area contributed by atoms with Gasteiger partial charge in [0.2, 0.25) is 0 Å². The zero-order chi connectivity index (χ0) is 14.5. The summed E-state index contributed by atoms with van der Waals surface area (Å²) in [5.41, 5.74) is 1.06. The molecule has 0 saturated carbocycles. The Hall–Kier alpha value is -1.79. The second-order valence-electron chi connectivity index (χ2n) is 4.55. The number of hydrogen-bond donors (Lipinski definition) is 0. The van der Waals surface area contributed by atoms with Gasteiger partial charge in [0.15, 0.2) is 6.10 Å². The summed E-state index contributed by atoms with van der Waals surface area (Å²) in [7, 11) is 2.68. The van der Waals surface area contributed by atoms with Crippen LogP contribution >= 0.6 is 0 Å². The van der Waals surface area contributed by atoms with E-state index in [0.29, 0.717) is 13.0 Å². The molecule has 0 aromatic heterocycles. The van der Waals surface area contributed by atoms with Gasteiger partial charge in [0.1, 0.15) is 0 Å². The van der Waals surface area contributed by atoms with Crippen molar-refractivity contribution in [2.75, 3.05) is 20.8 Å². The van der Waals surface area contributed by atoms with Crippen molar-refractivity contribution in [3.05, 3.63) is 29.8 Å². The normalized spacial score (nSPS) is 22.7. The number of rotatable bonds is 5. The molecule has 1 heterocycles. The van der Waals surface area contributed by atoms with E-state index in [1.54, 1.807) is 5.06 Å². The van der Waals surface area contributed by atoms with Gasteiger partial charge in [-0.1, -0.05) is 0 Å². The Labute approximate surface area is 117 Å². The first-order valence-electron chi connectivity index (χ1n) is 6.45. The van der Waals surface area contributed by atoms with Gasteiger partial charge in [-0.2, -0.15) is 28.8 Å². The molecule has 110 valence electrons. The van der Waals surface area contributed by atoms with E-state index in [1.807, 2.05) is 24.3 Å². The summed E-state index contributed by atoms with van der Waals surface area (Å²) in [6.45, 7) is 0.371. The van der Waals surface area contributed by atoms with Gasteiger partial charge in [0, 0.05) is 12.6 Å². The quantitative estimate of drug-likeness (QED) is 0.596. The number of carbonyl (C=O) groups is 2. The predicted octanol–water partition coefficient (Wildman–Crippen LogP) is 1.19. The maximum Gasteiger partial charge on any atom is 0.337 e. The van der Waals surface area contributed by atoms with Crippen molar-refractivity contribution >= 4 is 11.9 Å². The van der Waals surface area contributed by atoms with E-state index in [1.165, 1.54) is 14.2 Å². The zero-order valence-corrected chi connectivity index (χ0v) is 11.6. The molecule has 0 radical (unpaired) electrons. The van der Waals surface area contributed by atoms with Gasteiger partial charge in [0.25, 0.3) is 0 Å². The minimum absolute atomic E-state index is 0.0567. The van der Waals surface area contributed by atoms with Crippen LogP contribution in [0.3, 0.4) is 0 Å². The van der Waals surface area contributed by atoms with E-state index in [9.17, 15) is 9.59 Å². The smallest absolute Gasteiger partial charge is 0.337 e. The molecule has 0 aliphatic carbocycles. The molecule has 1 aliphatic heterocycles. The molecule has 1 aromatic rings. The number of methoxy groups -OCH3 is 2. The molecule has 0 unspecified atom stereocenters. The van der Waals surface area contributed by atoms with Crippen LogP contribution in [-0.2, 0) is 23.9 Å². The van der Waals surface area contributed by atoms with Gasteiger partial charge >= 0.3 is 11.9 Å². The lowest BCUT2D eigenvalue weighted by Crippen LogP contribution is -2.28. The van der Waals surface area contributed by atoms with Gasteiger partial charge in [-0.3, -0.25) is 9.63 Å². The highest BCUT2D eigenvalue weighted by Crippen LogP contribution is 2.34. The third kappa shape index (κ3) is 3.20. The van der Waals surface area contributed by atoms with Crippen LogP contribution in [0.4, 0.5) is 0 Å². The van der Waals surface area contributed by atoms with E-state index in [-0.39, 0.29) is 18.4 Å². The zero-order valence-electron chi connectivity index (χ0n) is 11.6. The SMILES string of the molecule is COC(=O)CCN1O[C@H](C(=O)OC)C[C@H]1c1cc[cH-]c1. The number of hydroxylamine groups is 2. The summed E-state index contributed by atoms with van der Waals surface area (Å²) < 4.78 is 9.33. The standard InChI is InChI=1S/C14H18NO5/c1-18-13(16)7-8-15-11(10-5-3-4-6-10)9-12(20-15)14(17)19-2/h3-6,11-12H,7-9H2,1-2H3/q-1/t11-,12-/m0/s1. The van der Waals surface area contributed by atoms with Crippen LogP contribution in [0.1, 0.15) is 24.4 Å². The monoisotopic (exact) mass is 280 g/mol. The molecule has 0 spiro atoms. The predicted molar refractivity (Wildman–Crippen MR) is 69.6 cm³/mol. The summed E-state index contributed by atoms with van der Waals surface area (Å²) in [6, 6.07) is 7.75. The Morgan fingerprint density at radius 1 is 1.45 bits per heavy atom. The summed E-state index contributed by atoms with van der Waals surface area (Å²) in [5.74, 6) is -0.710. The van der Waals surface area contributed by atoms with Crippen LogP contribution in [0.2, 0.25) is 0 Å². The summed E-state index contributed by atoms with van der Waals surface area (Å²) in [6.07, 6.45) is 0.0944. The number of nitrogens with zero attached hydrogens (tertiary/aromatic N) is 1. The molecule has 0 N–H and O–H groups in total. The molecule has 0 amide bonds. The molecule has 2 atom stereocenters. The topological polar surface area (TPSA) is 65.1 Å². The van der Waals surface area contributed by atoms with Crippen LogP contribution in [0.25, 0.3) is 0 Å². The van der Waals surface area contributed by atoms with Crippen LogP contribution in [-0.4, -0.2) is 43.9 Å². The fourth-order valence-corrected chi connectivity index (χ4v) is 2.30. The van der Waals surface area contributed by atoms with E-state index in [0.717, 1.165) is 5.56 Å². The lowest BCUT2D eigenvalue weighted by atomic mass is 10.0. The van der Waals surface area contributed by atoms with Crippen LogP contribution in [0, 0.1) is 0 Å². The fourth-order valence-electron chi connectivity index (χ4n) is 2.30. The molecule has 20 heavy (non-hydrogen) atoms. The molecule has 6 heteroatoms. The van der Waals surface area contributed by atoms with Crippen LogP contribution in [0.5, 0.6) is 0 Å². The maximum absolute atomic E-state index is 11.6. The van der Waals surface area contributed by atoms with Crippen molar-refractivity contribution < 1.29 is 23.9 Å². The summed E-state index contributed by atoms with van der Waals surface area (Å²) in [5, 5.41) is 1.66. The van der Waals surface area contributed by atoms with Crippen molar-refractivity contribution in [2.45, 2.75) is 25.0 Å². The Morgan fingerprint density at radius 2 is 2.25 bits per heavy atom. The number of carbonyl (C=O) groups excluding carboxylic acids is 2. The summed E-state index contributed by atoms with van der Waals surface area (Å²) in [4.78, 5) is 28.4. The van der Waals surface area contributed by atoms with Gasteiger partial charge in [-0.15, -0.1) is 0 Å². The minimum Gasteiger partial charge on any atom is -0.469 e. The average molecular weight is 280 g/mol. The number of esters is 2. The third-order valence-electron chi connectivity index (χ3n) is 3.35. The average Bonchev–Trinajstić information content (AvgIpc) is 3.12. The Bertz CT molecular complexity index is 456. The van der Waals surface area contributed by atoms with Crippen molar-refractivity contribution in [3.8, 4) is 0 Å². The number of ether oxygens (including phenoxy) is 2. The van der Waals surface area contributed by atoms with Gasteiger partial charge in [-0.05, 0) is 6.42 Å².